The maximum Gasteiger partial charge on any atom is 2.00 e. The largest absolute Gasteiger partial charge is 2.00 e. The molecule has 0 aromatic carbocycles. The van der Waals surface area contributed by atoms with Crippen molar-refractivity contribution in [3.8, 4) is 0 Å². The van der Waals surface area contributed by atoms with Crippen molar-refractivity contribution in [2.75, 3.05) is 13.2 Å². The molecular weight excluding hydrogens is 358 g/mol. The fourth-order valence-electron chi connectivity index (χ4n) is 1.37. The molecule has 0 spiro atoms. The molecule has 0 fully saturated rings. The molecule has 0 aromatic heterocycles. The number of rotatable bonds is 12. The normalized spacial score (nSPS) is 12.8. The third-order valence-electron chi connectivity index (χ3n) is 2.44. The first-order chi connectivity index (χ1) is 9.54. The van der Waals surface area contributed by atoms with E-state index in [2.05, 4.69) is 22.9 Å². The predicted octanol–water partition coefficient (Wildman–Crippen LogP) is 2.66. The molecule has 6 nitrogen and oxygen atoms in total. The zero-order valence-electron chi connectivity index (χ0n) is 12.9. The summed E-state index contributed by atoms with van der Waals surface area (Å²) in [5.41, 5.74) is 0. The zero-order valence-corrected chi connectivity index (χ0v) is 16.0. The molecule has 2 atom stereocenters. The smallest absolute Gasteiger partial charge is 0.781 e. The second-order valence-electron chi connectivity index (χ2n) is 4.32. The molecule has 0 saturated carbocycles. The SMILES string of the molecule is CCCCCCO[PH](=O)[O-].CCCCCCO[PH](=O)[O-].[Fe+2]. The van der Waals surface area contributed by atoms with Crippen molar-refractivity contribution in [3.63, 3.8) is 0 Å². The van der Waals surface area contributed by atoms with Crippen LogP contribution in [0.1, 0.15) is 65.2 Å². The average Bonchev–Trinajstić information content (AvgIpc) is 2.38. The first-order valence-electron chi connectivity index (χ1n) is 7.22. The molecule has 130 valence electrons. The van der Waals surface area contributed by atoms with Crippen LogP contribution in [0.15, 0.2) is 0 Å². The van der Waals surface area contributed by atoms with Crippen LogP contribution >= 0.6 is 16.5 Å². The molecule has 0 aliphatic carbocycles. The molecule has 0 aliphatic heterocycles. The van der Waals surface area contributed by atoms with Crippen LogP contribution in [-0.2, 0) is 35.2 Å². The second-order valence-corrected chi connectivity index (χ2v) is 5.90. The molecule has 2 unspecified atom stereocenters. The van der Waals surface area contributed by atoms with Gasteiger partial charge in [0.05, 0.1) is 13.2 Å². The van der Waals surface area contributed by atoms with Crippen LogP contribution in [0, 0.1) is 0 Å². The van der Waals surface area contributed by atoms with Gasteiger partial charge in [0.25, 0.3) is 0 Å². The van der Waals surface area contributed by atoms with E-state index in [9.17, 15) is 18.9 Å². The minimum atomic E-state index is -2.92. The summed E-state index contributed by atoms with van der Waals surface area (Å²) in [7, 11) is -5.84. The van der Waals surface area contributed by atoms with Crippen molar-refractivity contribution >= 4 is 16.5 Å². The third kappa shape index (κ3) is 33.6. The quantitative estimate of drug-likeness (QED) is 0.291. The molecule has 0 radical (unpaired) electrons. The third-order valence-corrected chi connectivity index (χ3v) is 3.32. The average molecular weight is 386 g/mol. The van der Waals surface area contributed by atoms with Crippen LogP contribution < -0.4 is 9.79 Å². The number of hydrogen-bond donors (Lipinski definition) is 0. The maximum absolute atomic E-state index is 9.88. The Hall–Kier alpha value is 0.819. The predicted molar refractivity (Wildman–Crippen MR) is 78.2 cm³/mol. The molecule has 0 saturated heterocycles. The summed E-state index contributed by atoms with van der Waals surface area (Å²) in [6, 6.07) is 0. The van der Waals surface area contributed by atoms with Crippen molar-refractivity contribution in [1.29, 1.82) is 0 Å². The molecule has 0 amide bonds. The molecule has 0 heterocycles. The molecule has 0 aromatic rings. The fraction of sp³-hybridized carbons (Fsp3) is 1.00. The maximum atomic E-state index is 9.88. The van der Waals surface area contributed by atoms with Gasteiger partial charge in [-0.1, -0.05) is 52.4 Å². The van der Waals surface area contributed by atoms with Crippen LogP contribution in [0.3, 0.4) is 0 Å². The molecule has 21 heavy (non-hydrogen) atoms. The van der Waals surface area contributed by atoms with Crippen molar-refractivity contribution in [3.05, 3.63) is 0 Å². The van der Waals surface area contributed by atoms with Crippen LogP contribution in [0.2, 0.25) is 0 Å². The summed E-state index contributed by atoms with van der Waals surface area (Å²) < 4.78 is 28.5. The van der Waals surface area contributed by atoms with Crippen LogP contribution in [0.4, 0.5) is 0 Å². The van der Waals surface area contributed by atoms with E-state index in [1.165, 1.54) is 0 Å². The van der Waals surface area contributed by atoms with E-state index in [1.807, 2.05) is 0 Å². The first kappa shape index (κ1) is 26.7. The molecule has 0 N–H and O–H groups in total. The number of unbranched alkanes of at least 4 members (excludes halogenated alkanes) is 6. The van der Waals surface area contributed by atoms with E-state index in [4.69, 9.17) is 0 Å². The summed E-state index contributed by atoms with van der Waals surface area (Å²) in [5.74, 6) is 0. The van der Waals surface area contributed by atoms with E-state index < -0.39 is 16.5 Å². The van der Waals surface area contributed by atoms with E-state index in [-0.39, 0.29) is 17.1 Å². The summed E-state index contributed by atoms with van der Waals surface area (Å²) in [6.45, 7) is 4.94. The van der Waals surface area contributed by atoms with Crippen molar-refractivity contribution in [2.45, 2.75) is 65.2 Å². The Kier molecular flexibility index (Phi) is 29.4. The Bertz CT molecular complexity index is 220. The van der Waals surface area contributed by atoms with Crippen molar-refractivity contribution in [1.82, 2.24) is 0 Å². The van der Waals surface area contributed by atoms with Gasteiger partial charge in [0.2, 0.25) is 0 Å². The van der Waals surface area contributed by atoms with Crippen LogP contribution in [0.5, 0.6) is 0 Å². The Balaban J connectivity index is -0.000000295. The van der Waals surface area contributed by atoms with Gasteiger partial charge in [-0.25, -0.2) is 0 Å². The molecule has 0 bridgehead atoms. The first-order valence-corrected chi connectivity index (χ1v) is 9.67. The minimum Gasteiger partial charge on any atom is -0.781 e. The van der Waals surface area contributed by atoms with Gasteiger partial charge in [-0.05, 0) is 12.8 Å². The second kappa shape index (κ2) is 23.1. The zero-order chi connectivity index (χ0) is 15.6. The van der Waals surface area contributed by atoms with E-state index in [0.29, 0.717) is 13.2 Å². The van der Waals surface area contributed by atoms with Gasteiger partial charge >= 0.3 is 17.1 Å². The van der Waals surface area contributed by atoms with Crippen molar-refractivity contribution < 1.29 is 45.0 Å². The van der Waals surface area contributed by atoms with Crippen LogP contribution in [-0.4, -0.2) is 13.2 Å². The Morgan fingerprint density at radius 1 is 0.714 bits per heavy atom. The van der Waals surface area contributed by atoms with E-state index in [1.54, 1.807) is 0 Å². The van der Waals surface area contributed by atoms with Crippen molar-refractivity contribution in [2.24, 2.45) is 0 Å². The summed E-state index contributed by atoms with van der Waals surface area (Å²) in [4.78, 5) is 19.8. The van der Waals surface area contributed by atoms with Gasteiger partial charge in [0.1, 0.15) is 16.5 Å². The number of hydrogen-bond acceptors (Lipinski definition) is 6. The van der Waals surface area contributed by atoms with Gasteiger partial charge in [-0.15, -0.1) is 0 Å². The molecule has 0 aliphatic rings. The van der Waals surface area contributed by atoms with E-state index in [0.717, 1.165) is 51.4 Å². The Labute approximate surface area is 140 Å². The Morgan fingerprint density at radius 3 is 1.29 bits per heavy atom. The monoisotopic (exact) mass is 386 g/mol. The fourth-order valence-corrected chi connectivity index (χ4v) is 1.99. The van der Waals surface area contributed by atoms with Gasteiger partial charge in [-0.2, -0.15) is 0 Å². The Morgan fingerprint density at radius 2 is 1.05 bits per heavy atom. The summed E-state index contributed by atoms with van der Waals surface area (Å²) in [6.07, 6.45) is 8.46. The molecular formula is C12H28FeO6P2. The van der Waals surface area contributed by atoms with Gasteiger partial charge in [-0.3, -0.25) is 0 Å². The van der Waals surface area contributed by atoms with Gasteiger partial charge in [0, 0.05) is 0 Å². The standard InChI is InChI=1S/2C6H15O3P.Fe/c2*1-2-3-4-5-6-9-10(7)8;/h2*10H,2-6H2,1H3,(H,7,8);/q;;+2/p-2. The summed E-state index contributed by atoms with van der Waals surface area (Å²) in [5, 5.41) is 0. The molecule has 0 rings (SSSR count). The van der Waals surface area contributed by atoms with Crippen LogP contribution in [0.25, 0.3) is 0 Å². The molecule has 9 heteroatoms. The summed E-state index contributed by atoms with van der Waals surface area (Å²) >= 11 is 0. The van der Waals surface area contributed by atoms with Gasteiger partial charge in [0.15, 0.2) is 0 Å². The van der Waals surface area contributed by atoms with Gasteiger partial charge < -0.3 is 28.0 Å². The minimum absolute atomic E-state index is 0. The topological polar surface area (TPSA) is 98.7 Å². The van der Waals surface area contributed by atoms with E-state index >= 15 is 0 Å².